The minimum atomic E-state index is -0.469. The van der Waals surface area contributed by atoms with Crippen LogP contribution in [0.3, 0.4) is 0 Å². The fraction of sp³-hybridized carbons (Fsp3) is 0.0625. The van der Waals surface area contributed by atoms with Crippen molar-refractivity contribution in [2.45, 2.75) is 6.54 Å². The molecule has 0 aliphatic rings. The molecule has 0 aliphatic carbocycles. The van der Waals surface area contributed by atoms with Crippen LogP contribution < -0.4 is 5.32 Å². The summed E-state index contributed by atoms with van der Waals surface area (Å²) in [5.74, 6) is -0.383. The second-order valence-corrected chi connectivity index (χ2v) is 5.68. The van der Waals surface area contributed by atoms with Crippen LogP contribution in [-0.4, -0.2) is 20.8 Å². The number of nitrogens with zero attached hydrogens (tertiary/aromatic N) is 3. The van der Waals surface area contributed by atoms with Crippen LogP contribution in [0.15, 0.2) is 54.0 Å². The third-order valence-corrected chi connectivity index (χ3v) is 4.11. The van der Waals surface area contributed by atoms with Crippen LogP contribution in [0.25, 0.3) is 10.7 Å². The van der Waals surface area contributed by atoms with Crippen LogP contribution in [0.5, 0.6) is 0 Å². The van der Waals surface area contributed by atoms with E-state index in [0.29, 0.717) is 16.3 Å². The van der Waals surface area contributed by atoms with Crippen molar-refractivity contribution in [3.8, 4) is 10.7 Å². The van der Waals surface area contributed by atoms with E-state index in [-0.39, 0.29) is 23.8 Å². The monoisotopic (exact) mass is 340 g/mol. The van der Waals surface area contributed by atoms with Crippen molar-refractivity contribution in [2.24, 2.45) is 0 Å². The van der Waals surface area contributed by atoms with Crippen molar-refractivity contribution in [2.75, 3.05) is 0 Å². The fourth-order valence-electron chi connectivity index (χ4n) is 2.09. The van der Waals surface area contributed by atoms with Gasteiger partial charge in [0.25, 0.3) is 11.6 Å². The van der Waals surface area contributed by atoms with E-state index in [1.54, 1.807) is 35.8 Å². The van der Waals surface area contributed by atoms with Crippen molar-refractivity contribution < 1.29 is 9.72 Å². The summed E-state index contributed by atoms with van der Waals surface area (Å²) in [6.07, 6.45) is 1.66. The van der Waals surface area contributed by atoms with Crippen molar-refractivity contribution in [3.05, 3.63) is 75.4 Å². The van der Waals surface area contributed by atoms with Gasteiger partial charge < -0.3 is 5.32 Å². The summed E-state index contributed by atoms with van der Waals surface area (Å²) in [5.41, 5.74) is 1.38. The third-order valence-electron chi connectivity index (χ3n) is 3.25. The van der Waals surface area contributed by atoms with Crippen molar-refractivity contribution in [1.82, 2.24) is 15.3 Å². The molecular formula is C16H12N4O3S. The predicted molar refractivity (Wildman–Crippen MR) is 89.6 cm³/mol. The lowest BCUT2D eigenvalue weighted by Gasteiger charge is -2.04. The summed E-state index contributed by atoms with van der Waals surface area (Å²) >= 11 is 1.32. The van der Waals surface area contributed by atoms with Gasteiger partial charge in [-0.25, -0.2) is 4.98 Å². The molecule has 0 atom stereocenters. The number of benzene rings is 1. The summed E-state index contributed by atoms with van der Waals surface area (Å²) in [7, 11) is 0. The van der Waals surface area contributed by atoms with Crippen LogP contribution in [0, 0.1) is 10.1 Å². The smallest absolute Gasteiger partial charge is 0.274 e. The molecule has 1 N–H and O–H groups in total. The van der Waals surface area contributed by atoms with Crippen molar-refractivity contribution in [1.29, 1.82) is 0 Å². The Kier molecular flexibility index (Phi) is 4.57. The Bertz CT molecular complexity index is 880. The van der Waals surface area contributed by atoms with Crippen molar-refractivity contribution in [3.63, 3.8) is 0 Å². The van der Waals surface area contributed by atoms with E-state index < -0.39 is 4.92 Å². The number of nitro benzene ring substituents is 1. The van der Waals surface area contributed by atoms with Crippen LogP contribution in [0.2, 0.25) is 0 Å². The number of amides is 1. The van der Waals surface area contributed by atoms with Crippen LogP contribution in [0.4, 0.5) is 5.69 Å². The van der Waals surface area contributed by atoms with Gasteiger partial charge in [-0.15, -0.1) is 11.3 Å². The average molecular weight is 340 g/mol. The molecule has 7 nitrogen and oxygen atoms in total. The van der Waals surface area contributed by atoms with E-state index >= 15 is 0 Å². The maximum Gasteiger partial charge on any atom is 0.274 e. The molecule has 0 saturated heterocycles. The van der Waals surface area contributed by atoms with Gasteiger partial charge in [-0.2, -0.15) is 0 Å². The number of para-hydroxylation sites is 1. The molecule has 0 aliphatic heterocycles. The van der Waals surface area contributed by atoms with Crippen LogP contribution in [-0.2, 0) is 6.54 Å². The number of rotatable bonds is 5. The maximum atomic E-state index is 12.2. The SMILES string of the molecule is O=C(NCc1ccccc1[N+](=O)[O-])c1csc(-c2ccccn2)n1. The first-order valence-electron chi connectivity index (χ1n) is 7.02. The van der Waals surface area contributed by atoms with E-state index in [9.17, 15) is 14.9 Å². The van der Waals surface area contributed by atoms with Gasteiger partial charge in [0.2, 0.25) is 0 Å². The molecule has 0 saturated carbocycles. The van der Waals surface area contributed by atoms with Gasteiger partial charge in [0.05, 0.1) is 10.6 Å². The molecule has 2 heterocycles. The molecule has 3 rings (SSSR count). The lowest BCUT2D eigenvalue weighted by atomic mass is 10.2. The summed E-state index contributed by atoms with van der Waals surface area (Å²) in [4.78, 5) is 31.1. The van der Waals surface area contributed by atoms with Gasteiger partial charge in [-0.1, -0.05) is 24.3 Å². The standard InChI is InChI=1S/C16H12N4O3S/c21-15(18-9-11-5-1-2-7-14(11)20(22)23)13-10-24-16(19-13)12-6-3-4-8-17-12/h1-8,10H,9H2,(H,18,21). The van der Waals surface area contributed by atoms with Gasteiger partial charge in [0, 0.05) is 29.8 Å². The van der Waals surface area contributed by atoms with E-state index in [2.05, 4.69) is 15.3 Å². The highest BCUT2D eigenvalue weighted by Crippen LogP contribution is 2.21. The molecule has 0 spiro atoms. The molecule has 2 aromatic heterocycles. The Hall–Kier alpha value is -3.13. The zero-order chi connectivity index (χ0) is 16.9. The molecule has 3 aromatic rings. The quantitative estimate of drug-likeness (QED) is 0.568. The van der Waals surface area contributed by atoms with E-state index in [1.807, 2.05) is 12.1 Å². The molecule has 0 bridgehead atoms. The Morgan fingerprint density at radius 2 is 2.00 bits per heavy atom. The summed E-state index contributed by atoms with van der Waals surface area (Å²) in [6.45, 7) is 0.0619. The Balaban J connectivity index is 1.71. The second kappa shape index (κ2) is 6.97. The molecule has 0 unspecified atom stereocenters. The maximum absolute atomic E-state index is 12.2. The van der Waals surface area contributed by atoms with E-state index in [0.717, 1.165) is 0 Å². The number of hydrogen-bond donors (Lipinski definition) is 1. The Morgan fingerprint density at radius 3 is 2.75 bits per heavy atom. The minimum Gasteiger partial charge on any atom is -0.346 e. The number of carbonyl (C=O) groups is 1. The predicted octanol–water partition coefficient (Wildman–Crippen LogP) is 3.04. The zero-order valence-corrected chi connectivity index (χ0v) is 13.2. The minimum absolute atomic E-state index is 0.0229. The summed E-state index contributed by atoms with van der Waals surface area (Å²) in [6, 6.07) is 11.8. The Morgan fingerprint density at radius 1 is 1.21 bits per heavy atom. The third kappa shape index (κ3) is 3.44. The number of nitrogens with one attached hydrogen (secondary N) is 1. The molecule has 1 amide bonds. The lowest BCUT2D eigenvalue weighted by molar-refractivity contribution is -0.385. The largest absolute Gasteiger partial charge is 0.346 e. The summed E-state index contributed by atoms with van der Waals surface area (Å²) < 4.78 is 0. The number of nitro groups is 1. The lowest BCUT2D eigenvalue weighted by Crippen LogP contribution is -2.23. The highest BCUT2D eigenvalue weighted by Gasteiger charge is 2.15. The fourth-order valence-corrected chi connectivity index (χ4v) is 2.86. The normalized spacial score (nSPS) is 10.3. The molecule has 0 fully saturated rings. The van der Waals surface area contributed by atoms with E-state index in [1.165, 1.54) is 17.4 Å². The van der Waals surface area contributed by atoms with Gasteiger partial charge in [0.1, 0.15) is 10.7 Å². The molecule has 0 radical (unpaired) electrons. The van der Waals surface area contributed by atoms with Gasteiger partial charge in [-0.05, 0) is 12.1 Å². The molecule has 120 valence electrons. The number of thiazole rings is 1. The molecular weight excluding hydrogens is 328 g/mol. The first-order valence-corrected chi connectivity index (χ1v) is 7.90. The molecule has 24 heavy (non-hydrogen) atoms. The number of pyridine rings is 1. The van der Waals surface area contributed by atoms with Crippen LogP contribution in [0.1, 0.15) is 16.1 Å². The van der Waals surface area contributed by atoms with Crippen molar-refractivity contribution >= 4 is 22.9 Å². The highest BCUT2D eigenvalue weighted by molar-refractivity contribution is 7.13. The summed E-state index contributed by atoms with van der Waals surface area (Å²) in [5, 5.41) is 15.9. The van der Waals surface area contributed by atoms with Crippen LogP contribution >= 0.6 is 11.3 Å². The number of carbonyl (C=O) groups excluding carboxylic acids is 1. The molecule has 8 heteroatoms. The zero-order valence-electron chi connectivity index (χ0n) is 12.4. The van der Waals surface area contributed by atoms with Gasteiger partial charge in [0.15, 0.2) is 0 Å². The van der Waals surface area contributed by atoms with Gasteiger partial charge in [-0.3, -0.25) is 19.9 Å². The first-order chi connectivity index (χ1) is 11.6. The van der Waals surface area contributed by atoms with Gasteiger partial charge >= 0.3 is 0 Å². The number of aromatic nitrogens is 2. The first kappa shape index (κ1) is 15.8. The average Bonchev–Trinajstić information content (AvgIpc) is 3.11. The topological polar surface area (TPSA) is 98.0 Å². The Labute approximate surface area is 141 Å². The number of hydrogen-bond acceptors (Lipinski definition) is 6. The second-order valence-electron chi connectivity index (χ2n) is 4.82. The van der Waals surface area contributed by atoms with E-state index in [4.69, 9.17) is 0 Å². The molecule has 1 aromatic carbocycles. The highest BCUT2D eigenvalue weighted by atomic mass is 32.1.